The number of primary sulfonamides is 1. The number of alkyl halides is 3. The lowest BCUT2D eigenvalue weighted by atomic mass is 10.1. The maximum Gasteiger partial charge on any atom is 0.573 e. The largest absolute Gasteiger partial charge is 0.573 e. The Kier molecular flexibility index (Phi) is 8.06. The Hall–Kier alpha value is -4.89. The van der Waals surface area contributed by atoms with E-state index in [4.69, 9.17) is 5.14 Å². The molecule has 0 atom stereocenters. The molecule has 208 valence electrons. The third-order valence-electron chi connectivity index (χ3n) is 5.26. The lowest BCUT2D eigenvalue weighted by Crippen LogP contribution is -2.20. The average molecular weight is 574 g/mol. The number of ether oxygens (including phenoxy) is 1. The fourth-order valence-electron chi connectivity index (χ4n) is 3.44. The van der Waals surface area contributed by atoms with Crippen LogP contribution in [-0.4, -0.2) is 30.8 Å². The van der Waals surface area contributed by atoms with Crippen molar-refractivity contribution >= 4 is 50.6 Å². The van der Waals surface area contributed by atoms with Crippen molar-refractivity contribution < 1.29 is 31.1 Å². The predicted octanol–water partition coefficient (Wildman–Crippen LogP) is 5.46. The topological polar surface area (TPSA) is 160 Å². The van der Waals surface area contributed by atoms with E-state index in [0.717, 1.165) is 12.1 Å². The van der Waals surface area contributed by atoms with Gasteiger partial charge in [-0.1, -0.05) is 12.1 Å². The van der Waals surface area contributed by atoms with E-state index in [0.29, 0.717) is 28.4 Å². The minimum Gasteiger partial charge on any atom is -0.406 e. The smallest absolute Gasteiger partial charge is 0.406 e. The van der Waals surface area contributed by atoms with Crippen LogP contribution in [0.1, 0.15) is 5.56 Å². The number of nitrogens with one attached hydrogen (secondary N) is 4. The maximum atomic E-state index is 12.5. The molecule has 0 bridgehead atoms. The molecule has 6 N–H and O–H groups in total. The molecule has 0 saturated carbocycles. The van der Waals surface area contributed by atoms with Crippen LogP contribution in [0, 0.1) is 6.92 Å². The average Bonchev–Trinajstić information content (AvgIpc) is 2.87. The van der Waals surface area contributed by atoms with Crippen LogP contribution < -0.4 is 31.1 Å². The Morgan fingerprint density at radius 3 is 2.30 bits per heavy atom. The fraction of sp³-hybridized carbons (Fsp3) is 0.0800. The molecular formula is C25H22F3N7O4S. The van der Waals surface area contributed by atoms with Gasteiger partial charge < -0.3 is 26.0 Å². The van der Waals surface area contributed by atoms with Crippen molar-refractivity contribution in [1.29, 1.82) is 0 Å². The number of benzene rings is 3. The Bertz CT molecular complexity index is 1630. The van der Waals surface area contributed by atoms with E-state index in [1.165, 1.54) is 36.5 Å². The first-order valence-corrected chi connectivity index (χ1v) is 12.9. The van der Waals surface area contributed by atoms with Crippen LogP contribution in [0.25, 0.3) is 0 Å². The van der Waals surface area contributed by atoms with Gasteiger partial charge in [0.15, 0.2) is 0 Å². The number of halogens is 3. The first kappa shape index (κ1) is 28.1. The summed E-state index contributed by atoms with van der Waals surface area (Å²) >= 11 is 0. The molecule has 0 aliphatic heterocycles. The first-order valence-electron chi connectivity index (χ1n) is 11.4. The van der Waals surface area contributed by atoms with E-state index < -0.39 is 28.2 Å². The van der Waals surface area contributed by atoms with E-state index in [1.54, 1.807) is 37.3 Å². The van der Waals surface area contributed by atoms with Crippen molar-refractivity contribution in [1.82, 2.24) is 9.97 Å². The van der Waals surface area contributed by atoms with Gasteiger partial charge in [-0.2, -0.15) is 4.98 Å². The minimum absolute atomic E-state index is 0.0664. The van der Waals surface area contributed by atoms with Gasteiger partial charge in [0.1, 0.15) is 11.6 Å². The highest BCUT2D eigenvalue weighted by Gasteiger charge is 2.31. The van der Waals surface area contributed by atoms with Gasteiger partial charge in [-0.05, 0) is 73.2 Å². The summed E-state index contributed by atoms with van der Waals surface area (Å²) in [6.45, 7) is 1.76. The lowest BCUT2D eigenvalue weighted by molar-refractivity contribution is -0.274. The Labute approximate surface area is 226 Å². The summed E-state index contributed by atoms with van der Waals surface area (Å²) in [5, 5.41) is 16.5. The summed E-state index contributed by atoms with van der Waals surface area (Å²) in [7, 11) is -3.88. The quantitative estimate of drug-likeness (QED) is 0.186. The van der Waals surface area contributed by atoms with Crippen molar-refractivity contribution in [3.63, 3.8) is 0 Å². The SMILES string of the molecule is Cc1c(NC(=O)Nc2ccc(OC(F)(F)F)cc2)cccc1Nc1ccnc(Nc2cccc(S(N)(=O)=O)c2)n1. The molecule has 11 nitrogen and oxygen atoms in total. The van der Waals surface area contributed by atoms with Crippen molar-refractivity contribution in [2.45, 2.75) is 18.2 Å². The molecule has 0 saturated heterocycles. The Balaban J connectivity index is 1.42. The van der Waals surface area contributed by atoms with Crippen LogP contribution in [0.15, 0.2) is 83.9 Å². The molecule has 1 heterocycles. The number of amides is 2. The Morgan fingerprint density at radius 1 is 0.900 bits per heavy atom. The van der Waals surface area contributed by atoms with Crippen molar-refractivity contribution in [2.24, 2.45) is 5.14 Å². The summed E-state index contributed by atoms with van der Waals surface area (Å²) in [4.78, 5) is 20.9. The number of carbonyl (C=O) groups is 1. The van der Waals surface area contributed by atoms with Crippen LogP contribution in [0.3, 0.4) is 0 Å². The van der Waals surface area contributed by atoms with E-state index in [1.807, 2.05) is 0 Å². The molecule has 0 spiro atoms. The van der Waals surface area contributed by atoms with E-state index in [9.17, 15) is 26.4 Å². The van der Waals surface area contributed by atoms with Crippen molar-refractivity contribution in [3.05, 3.63) is 84.6 Å². The van der Waals surface area contributed by atoms with Gasteiger partial charge in [-0.3, -0.25) is 0 Å². The molecule has 40 heavy (non-hydrogen) atoms. The van der Waals surface area contributed by atoms with Crippen LogP contribution in [0.5, 0.6) is 5.75 Å². The molecule has 0 aliphatic carbocycles. The maximum absolute atomic E-state index is 12.5. The molecule has 0 radical (unpaired) electrons. The summed E-state index contributed by atoms with van der Waals surface area (Å²) < 4.78 is 64.0. The zero-order chi connectivity index (χ0) is 28.9. The molecule has 1 aromatic heterocycles. The first-order chi connectivity index (χ1) is 18.9. The summed E-state index contributed by atoms with van der Waals surface area (Å²) in [5.74, 6) is 0.189. The number of carbonyl (C=O) groups excluding carboxylic acids is 1. The van der Waals surface area contributed by atoms with Gasteiger partial charge in [0.25, 0.3) is 0 Å². The zero-order valence-electron chi connectivity index (χ0n) is 20.7. The van der Waals surface area contributed by atoms with Gasteiger partial charge in [0.2, 0.25) is 16.0 Å². The highest BCUT2D eigenvalue weighted by molar-refractivity contribution is 7.89. The molecule has 15 heteroatoms. The second-order valence-corrected chi connectivity index (χ2v) is 9.78. The molecule has 4 rings (SSSR count). The van der Waals surface area contributed by atoms with Crippen LogP contribution >= 0.6 is 0 Å². The molecule has 0 fully saturated rings. The van der Waals surface area contributed by atoms with Gasteiger partial charge in [0.05, 0.1) is 4.90 Å². The number of hydrogen-bond donors (Lipinski definition) is 5. The third kappa shape index (κ3) is 7.81. The van der Waals surface area contributed by atoms with Crippen molar-refractivity contribution in [2.75, 3.05) is 21.3 Å². The Morgan fingerprint density at radius 2 is 1.60 bits per heavy atom. The van der Waals surface area contributed by atoms with Crippen LogP contribution in [0.4, 0.5) is 52.5 Å². The normalized spacial score (nSPS) is 11.4. The molecule has 2 amide bonds. The summed E-state index contributed by atoms with van der Waals surface area (Å²) in [6, 6.07) is 16.7. The summed E-state index contributed by atoms with van der Waals surface area (Å²) in [6.07, 6.45) is -3.31. The number of rotatable bonds is 8. The molecule has 3 aromatic carbocycles. The van der Waals surface area contributed by atoms with E-state index in [-0.39, 0.29) is 16.5 Å². The van der Waals surface area contributed by atoms with E-state index in [2.05, 4.69) is 36.0 Å². The lowest BCUT2D eigenvalue weighted by Gasteiger charge is -2.15. The number of sulfonamides is 1. The summed E-state index contributed by atoms with van der Waals surface area (Å²) in [5.41, 5.74) is 2.42. The minimum atomic E-state index is -4.81. The van der Waals surface area contributed by atoms with Gasteiger partial charge >= 0.3 is 12.4 Å². The number of hydrogen-bond acceptors (Lipinski definition) is 8. The number of urea groups is 1. The van der Waals surface area contributed by atoms with Crippen LogP contribution in [0.2, 0.25) is 0 Å². The highest BCUT2D eigenvalue weighted by Crippen LogP contribution is 2.27. The molecule has 0 unspecified atom stereocenters. The fourth-order valence-corrected chi connectivity index (χ4v) is 4.00. The van der Waals surface area contributed by atoms with Gasteiger partial charge in [0, 0.05) is 28.9 Å². The number of nitrogens with two attached hydrogens (primary N) is 1. The second kappa shape index (κ2) is 11.5. The number of aromatic nitrogens is 2. The third-order valence-corrected chi connectivity index (χ3v) is 6.18. The molecule has 0 aliphatic rings. The predicted molar refractivity (Wildman–Crippen MR) is 143 cm³/mol. The zero-order valence-corrected chi connectivity index (χ0v) is 21.5. The highest BCUT2D eigenvalue weighted by atomic mass is 32.2. The van der Waals surface area contributed by atoms with Crippen molar-refractivity contribution in [3.8, 4) is 5.75 Å². The van der Waals surface area contributed by atoms with E-state index >= 15 is 0 Å². The number of nitrogens with zero attached hydrogens (tertiary/aromatic N) is 2. The second-order valence-electron chi connectivity index (χ2n) is 8.22. The standard InChI is InChI=1S/C25H22F3N7O4S/c1-15-20(33-22-12-13-30-23(35-22)31-17-4-2-5-19(14-17)40(29,37)38)6-3-7-21(15)34-24(36)32-16-8-10-18(11-9-16)39-25(26,27)28/h2-14H,1H3,(H2,29,37,38)(H2,32,34,36)(H2,30,31,33,35). The van der Waals surface area contributed by atoms with Gasteiger partial charge in [-0.15, -0.1) is 13.2 Å². The monoisotopic (exact) mass is 573 g/mol. The van der Waals surface area contributed by atoms with Gasteiger partial charge in [-0.25, -0.2) is 23.3 Å². The molecule has 4 aromatic rings. The molecular weight excluding hydrogens is 551 g/mol. The number of anilines is 6. The van der Waals surface area contributed by atoms with Crippen LogP contribution in [-0.2, 0) is 10.0 Å².